The molecule has 1 aliphatic heterocycles. The molecule has 1 aromatic carbocycles. The van der Waals surface area contributed by atoms with Crippen molar-refractivity contribution in [2.45, 2.75) is 13.3 Å². The highest BCUT2D eigenvalue weighted by Crippen LogP contribution is 2.20. The number of rotatable bonds is 4. The number of thiocarbonyl (C=S) groups is 1. The van der Waals surface area contributed by atoms with Gasteiger partial charge in [0.1, 0.15) is 10.8 Å². The van der Waals surface area contributed by atoms with Gasteiger partial charge in [0.25, 0.3) is 0 Å². The Morgan fingerprint density at radius 3 is 2.53 bits per heavy atom. The molecule has 1 fully saturated rings. The first-order chi connectivity index (χ1) is 9.11. The Labute approximate surface area is 119 Å². The first kappa shape index (κ1) is 14.2. The van der Waals surface area contributed by atoms with Crippen LogP contribution < -0.4 is 10.6 Å². The van der Waals surface area contributed by atoms with E-state index in [2.05, 4.69) is 16.7 Å². The summed E-state index contributed by atoms with van der Waals surface area (Å²) in [5, 5.41) is 0. The van der Waals surface area contributed by atoms with Crippen molar-refractivity contribution < 1.29 is 4.39 Å². The minimum absolute atomic E-state index is 0.108. The van der Waals surface area contributed by atoms with Crippen molar-refractivity contribution >= 4 is 22.9 Å². The molecule has 0 spiro atoms. The fraction of sp³-hybridized carbons (Fsp3) is 0.500. The van der Waals surface area contributed by atoms with E-state index < -0.39 is 0 Å². The Kier molecular flexibility index (Phi) is 4.71. The van der Waals surface area contributed by atoms with Gasteiger partial charge < -0.3 is 10.6 Å². The SMILES string of the molecule is CCCN1CCN(c2ccc(C(N)=S)c(F)c2)CC1. The van der Waals surface area contributed by atoms with Crippen LogP contribution in [0, 0.1) is 5.82 Å². The first-order valence-electron chi connectivity index (χ1n) is 6.68. The summed E-state index contributed by atoms with van der Waals surface area (Å²) >= 11 is 4.81. The monoisotopic (exact) mass is 281 g/mol. The summed E-state index contributed by atoms with van der Waals surface area (Å²) in [6.07, 6.45) is 1.18. The largest absolute Gasteiger partial charge is 0.389 e. The highest BCUT2D eigenvalue weighted by molar-refractivity contribution is 7.80. The lowest BCUT2D eigenvalue weighted by molar-refractivity contribution is 0.258. The van der Waals surface area contributed by atoms with E-state index in [9.17, 15) is 4.39 Å². The van der Waals surface area contributed by atoms with Crippen LogP contribution in [0.3, 0.4) is 0 Å². The van der Waals surface area contributed by atoms with Crippen LogP contribution in [-0.4, -0.2) is 42.6 Å². The minimum atomic E-state index is -0.332. The van der Waals surface area contributed by atoms with E-state index in [1.165, 1.54) is 12.5 Å². The summed E-state index contributed by atoms with van der Waals surface area (Å²) in [4.78, 5) is 4.76. The zero-order valence-electron chi connectivity index (χ0n) is 11.2. The third-order valence-electron chi connectivity index (χ3n) is 3.50. The quantitative estimate of drug-likeness (QED) is 0.856. The van der Waals surface area contributed by atoms with Gasteiger partial charge in [0.05, 0.1) is 0 Å². The number of benzene rings is 1. The summed E-state index contributed by atoms with van der Waals surface area (Å²) < 4.78 is 13.8. The van der Waals surface area contributed by atoms with E-state index in [0.717, 1.165) is 38.4 Å². The molecule has 0 saturated carbocycles. The van der Waals surface area contributed by atoms with Crippen LogP contribution in [0.5, 0.6) is 0 Å². The van der Waals surface area contributed by atoms with Crippen molar-refractivity contribution in [2.24, 2.45) is 5.73 Å². The van der Waals surface area contributed by atoms with Gasteiger partial charge in [-0.2, -0.15) is 0 Å². The van der Waals surface area contributed by atoms with Gasteiger partial charge in [-0.3, -0.25) is 4.90 Å². The Morgan fingerprint density at radius 2 is 2.00 bits per heavy atom. The van der Waals surface area contributed by atoms with E-state index in [-0.39, 0.29) is 10.8 Å². The van der Waals surface area contributed by atoms with Crippen molar-refractivity contribution in [1.82, 2.24) is 4.90 Å². The molecule has 1 saturated heterocycles. The molecule has 2 rings (SSSR count). The zero-order chi connectivity index (χ0) is 13.8. The molecule has 0 unspecified atom stereocenters. The highest BCUT2D eigenvalue weighted by atomic mass is 32.1. The standard InChI is InChI=1S/C14H20FN3S/c1-2-5-17-6-8-18(9-7-17)11-3-4-12(14(16)19)13(15)10-11/h3-4,10H,2,5-9H2,1H3,(H2,16,19). The highest BCUT2D eigenvalue weighted by Gasteiger charge is 2.17. The molecule has 0 aliphatic carbocycles. The van der Waals surface area contributed by atoms with Crippen LogP contribution in [0.2, 0.25) is 0 Å². The predicted octanol–water partition coefficient (Wildman–Crippen LogP) is 1.99. The number of halogens is 1. The predicted molar refractivity (Wildman–Crippen MR) is 81.2 cm³/mol. The van der Waals surface area contributed by atoms with E-state index in [4.69, 9.17) is 18.0 Å². The summed E-state index contributed by atoms with van der Waals surface area (Å²) in [6.45, 7) is 7.27. The fourth-order valence-corrected chi connectivity index (χ4v) is 2.61. The first-order valence-corrected chi connectivity index (χ1v) is 7.09. The summed E-state index contributed by atoms with van der Waals surface area (Å²) in [5.74, 6) is -0.332. The topological polar surface area (TPSA) is 32.5 Å². The lowest BCUT2D eigenvalue weighted by atomic mass is 10.1. The third kappa shape index (κ3) is 3.42. The van der Waals surface area contributed by atoms with Gasteiger partial charge in [-0.25, -0.2) is 4.39 Å². The van der Waals surface area contributed by atoms with Gasteiger partial charge in [-0.15, -0.1) is 0 Å². The number of nitrogens with zero attached hydrogens (tertiary/aromatic N) is 2. The number of anilines is 1. The van der Waals surface area contributed by atoms with E-state index in [1.54, 1.807) is 6.07 Å². The molecule has 0 amide bonds. The van der Waals surface area contributed by atoms with Crippen molar-refractivity contribution in [3.8, 4) is 0 Å². The minimum Gasteiger partial charge on any atom is -0.389 e. The second kappa shape index (κ2) is 6.30. The fourth-order valence-electron chi connectivity index (χ4n) is 2.45. The van der Waals surface area contributed by atoms with Crippen LogP contribution in [0.4, 0.5) is 10.1 Å². The van der Waals surface area contributed by atoms with Gasteiger partial charge in [0.15, 0.2) is 0 Å². The van der Waals surface area contributed by atoms with Gasteiger partial charge in [0.2, 0.25) is 0 Å². The lowest BCUT2D eigenvalue weighted by Crippen LogP contribution is -2.46. The lowest BCUT2D eigenvalue weighted by Gasteiger charge is -2.36. The Hall–Kier alpha value is -1.20. The maximum absolute atomic E-state index is 13.8. The molecular formula is C14H20FN3S. The maximum Gasteiger partial charge on any atom is 0.135 e. The van der Waals surface area contributed by atoms with Crippen molar-refractivity contribution in [2.75, 3.05) is 37.6 Å². The Bertz CT molecular complexity index is 456. The van der Waals surface area contributed by atoms with Gasteiger partial charge in [0, 0.05) is 37.4 Å². The summed E-state index contributed by atoms with van der Waals surface area (Å²) in [6, 6.07) is 5.10. The molecule has 1 aliphatic rings. The molecule has 0 aromatic heterocycles. The molecule has 2 N–H and O–H groups in total. The van der Waals surface area contributed by atoms with Crippen LogP contribution >= 0.6 is 12.2 Å². The normalized spacial score (nSPS) is 16.6. The van der Waals surface area contributed by atoms with E-state index in [0.29, 0.717) is 5.56 Å². The van der Waals surface area contributed by atoms with Crippen LogP contribution in [-0.2, 0) is 0 Å². The molecule has 19 heavy (non-hydrogen) atoms. The van der Waals surface area contributed by atoms with Crippen molar-refractivity contribution in [3.05, 3.63) is 29.6 Å². The van der Waals surface area contributed by atoms with E-state index >= 15 is 0 Å². The molecule has 5 heteroatoms. The number of nitrogens with two attached hydrogens (primary N) is 1. The second-order valence-electron chi connectivity index (χ2n) is 4.86. The Balaban J connectivity index is 2.04. The Morgan fingerprint density at radius 1 is 1.32 bits per heavy atom. The zero-order valence-corrected chi connectivity index (χ0v) is 12.0. The smallest absolute Gasteiger partial charge is 0.135 e. The average molecular weight is 281 g/mol. The van der Waals surface area contributed by atoms with Crippen molar-refractivity contribution in [1.29, 1.82) is 0 Å². The van der Waals surface area contributed by atoms with E-state index in [1.807, 2.05) is 6.07 Å². The van der Waals surface area contributed by atoms with Crippen molar-refractivity contribution in [3.63, 3.8) is 0 Å². The molecule has 0 radical (unpaired) electrons. The van der Waals surface area contributed by atoms with Gasteiger partial charge in [-0.05, 0) is 31.2 Å². The third-order valence-corrected chi connectivity index (χ3v) is 3.72. The second-order valence-corrected chi connectivity index (χ2v) is 5.30. The molecule has 0 bridgehead atoms. The number of piperazine rings is 1. The maximum atomic E-state index is 13.8. The number of hydrogen-bond acceptors (Lipinski definition) is 3. The molecule has 3 nitrogen and oxygen atoms in total. The summed E-state index contributed by atoms with van der Waals surface area (Å²) in [5.41, 5.74) is 6.70. The van der Waals surface area contributed by atoms with Crippen LogP contribution in [0.25, 0.3) is 0 Å². The molecule has 0 atom stereocenters. The summed E-state index contributed by atoms with van der Waals surface area (Å²) in [7, 11) is 0. The molecule has 1 aromatic rings. The molecular weight excluding hydrogens is 261 g/mol. The van der Waals surface area contributed by atoms with Crippen LogP contribution in [0.15, 0.2) is 18.2 Å². The van der Waals surface area contributed by atoms with Crippen LogP contribution in [0.1, 0.15) is 18.9 Å². The number of hydrogen-bond donors (Lipinski definition) is 1. The van der Waals surface area contributed by atoms with Gasteiger partial charge >= 0.3 is 0 Å². The molecule has 1 heterocycles. The molecule has 104 valence electrons. The van der Waals surface area contributed by atoms with Gasteiger partial charge in [-0.1, -0.05) is 19.1 Å². The average Bonchev–Trinajstić information content (AvgIpc) is 2.39.